The molecule has 34 heavy (non-hydrogen) atoms. The highest BCUT2D eigenvalue weighted by atomic mass is 32.1. The molecule has 0 saturated carbocycles. The van der Waals surface area contributed by atoms with Gasteiger partial charge >= 0.3 is 0 Å². The summed E-state index contributed by atoms with van der Waals surface area (Å²) < 4.78 is 0. The van der Waals surface area contributed by atoms with E-state index in [1.807, 2.05) is 13.1 Å². The Hall–Kier alpha value is -3.40. The number of hydrogen-bond acceptors (Lipinski definition) is 8. The molecule has 0 spiro atoms. The van der Waals surface area contributed by atoms with Crippen molar-refractivity contribution < 1.29 is 4.79 Å². The Balaban J connectivity index is 1.41. The molecule has 3 N–H and O–H groups in total. The molecule has 3 aromatic heterocycles. The predicted octanol–water partition coefficient (Wildman–Crippen LogP) is 3.58. The van der Waals surface area contributed by atoms with E-state index in [1.54, 1.807) is 28.6 Å². The topological polar surface area (TPSA) is 95.1 Å². The van der Waals surface area contributed by atoms with E-state index in [9.17, 15) is 4.79 Å². The Morgan fingerprint density at radius 2 is 2.12 bits per heavy atom. The Morgan fingerprint density at radius 1 is 1.24 bits per heavy atom. The third kappa shape index (κ3) is 4.50. The van der Waals surface area contributed by atoms with Crippen LogP contribution in [0.3, 0.4) is 0 Å². The first kappa shape index (κ1) is 22.4. The van der Waals surface area contributed by atoms with Crippen LogP contribution in [-0.2, 0) is 11.3 Å². The fourth-order valence-electron chi connectivity index (χ4n) is 4.21. The summed E-state index contributed by atoms with van der Waals surface area (Å²) >= 11 is 1.73. The first-order valence-corrected chi connectivity index (χ1v) is 12.2. The highest BCUT2D eigenvalue weighted by Gasteiger charge is 2.21. The number of thiophene rings is 1. The van der Waals surface area contributed by atoms with E-state index in [1.165, 1.54) is 21.6 Å². The molecule has 1 aliphatic rings. The number of fused-ring (bicyclic) bond motifs is 1. The van der Waals surface area contributed by atoms with E-state index in [0.717, 1.165) is 23.9 Å². The quantitative estimate of drug-likeness (QED) is 0.378. The van der Waals surface area contributed by atoms with Gasteiger partial charge in [0.15, 0.2) is 5.82 Å². The molecule has 4 heterocycles. The van der Waals surface area contributed by atoms with Crippen LogP contribution in [0, 0.1) is 0 Å². The largest absolute Gasteiger partial charge is 0.361 e. The van der Waals surface area contributed by atoms with Crippen LogP contribution in [0.5, 0.6) is 0 Å². The van der Waals surface area contributed by atoms with Crippen molar-refractivity contribution in [2.45, 2.75) is 19.5 Å². The maximum Gasteiger partial charge on any atom is 0.242 e. The van der Waals surface area contributed by atoms with Crippen LogP contribution in [0.1, 0.15) is 23.4 Å². The number of benzene rings is 1. The number of rotatable bonds is 7. The van der Waals surface area contributed by atoms with Crippen LogP contribution in [0.25, 0.3) is 21.9 Å². The molecule has 4 aromatic rings. The number of hydrogen-bond donors (Lipinski definition) is 3. The molecular weight excluding hydrogens is 446 g/mol. The van der Waals surface area contributed by atoms with Gasteiger partial charge in [-0.1, -0.05) is 24.3 Å². The molecule has 1 atom stereocenters. The van der Waals surface area contributed by atoms with E-state index in [0.29, 0.717) is 24.7 Å². The van der Waals surface area contributed by atoms with E-state index in [2.05, 4.69) is 73.8 Å². The first-order chi connectivity index (χ1) is 16.6. The molecule has 5 rings (SSSR count). The van der Waals surface area contributed by atoms with Gasteiger partial charge < -0.3 is 16.0 Å². The van der Waals surface area contributed by atoms with Crippen molar-refractivity contribution in [2.75, 3.05) is 36.9 Å². The van der Waals surface area contributed by atoms with Crippen LogP contribution in [0.2, 0.25) is 0 Å². The van der Waals surface area contributed by atoms with Gasteiger partial charge in [0, 0.05) is 41.5 Å². The second-order valence-electron chi connectivity index (χ2n) is 8.34. The Kier molecular flexibility index (Phi) is 6.48. The minimum atomic E-state index is 0.0210. The number of nitrogens with zero attached hydrogens (tertiary/aromatic N) is 4. The summed E-state index contributed by atoms with van der Waals surface area (Å²) in [6, 6.07) is 12.7. The normalized spacial score (nSPS) is 15.0. The van der Waals surface area contributed by atoms with Crippen LogP contribution in [0.15, 0.2) is 54.2 Å². The monoisotopic (exact) mass is 473 g/mol. The molecule has 0 unspecified atom stereocenters. The van der Waals surface area contributed by atoms with Crippen molar-refractivity contribution >= 4 is 39.7 Å². The number of carbonyl (C=O) groups excluding carboxylic acids is 1. The summed E-state index contributed by atoms with van der Waals surface area (Å²) in [5.41, 5.74) is 3.73. The average molecular weight is 474 g/mol. The number of anilines is 2. The average Bonchev–Trinajstić information content (AvgIpc) is 3.35. The van der Waals surface area contributed by atoms with Crippen LogP contribution in [-0.4, -0.2) is 47.8 Å². The van der Waals surface area contributed by atoms with Crippen LogP contribution >= 0.6 is 11.3 Å². The molecule has 0 aliphatic carbocycles. The fourth-order valence-corrected chi connectivity index (χ4v) is 5.13. The maximum atomic E-state index is 12.3. The second-order valence-corrected chi connectivity index (χ2v) is 9.28. The van der Waals surface area contributed by atoms with Crippen molar-refractivity contribution in [3.05, 3.63) is 64.6 Å². The van der Waals surface area contributed by atoms with Crippen molar-refractivity contribution in [1.29, 1.82) is 0 Å². The van der Waals surface area contributed by atoms with Crippen molar-refractivity contribution in [1.82, 2.24) is 25.8 Å². The Morgan fingerprint density at radius 3 is 2.97 bits per heavy atom. The van der Waals surface area contributed by atoms with Crippen molar-refractivity contribution in [3.63, 3.8) is 0 Å². The fraction of sp³-hybridized carbons (Fsp3) is 0.280. The van der Waals surface area contributed by atoms with Gasteiger partial charge in [-0.3, -0.25) is 9.69 Å². The standard InChI is InChI=1S/C25H27N7OS/c1-16(22-9-18(15-34-22)20-6-4-3-5-17(20)11-26-2)30-25-21-10-23(28-12-19(21)13-29-31-25)32-8-7-27-14-24(32)33/h3-6,9-10,12-13,15-16,26-27H,7-8,11,14H2,1-2H3,(H,30,31)/t16-/m1/s1. The van der Waals surface area contributed by atoms with E-state index >= 15 is 0 Å². The van der Waals surface area contributed by atoms with Gasteiger partial charge in [-0.2, -0.15) is 5.10 Å². The van der Waals surface area contributed by atoms with Gasteiger partial charge in [-0.15, -0.1) is 16.4 Å². The van der Waals surface area contributed by atoms with Crippen molar-refractivity contribution in [3.8, 4) is 11.1 Å². The number of piperazine rings is 1. The molecule has 0 radical (unpaired) electrons. The first-order valence-electron chi connectivity index (χ1n) is 11.3. The van der Waals surface area contributed by atoms with Gasteiger partial charge in [0.1, 0.15) is 5.82 Å². The van der Waals surface area contributed by atoms with Gasteiger partial charge in [0.25, 0.3) is 0 Å². The van der Waals surface area contributed by atoms with Gasteiger partial charge in [-0.25, -0.2) is 4.98 Å². The lowest BCUT2D eigenvalue weighted by molar-refractivity contribution is -0.118. The van der Waals surface area contributed by atoms with E-state index < -0.39 is 0 Å². The highest BCUT2D eigenvalue weighted by Crippen LogP contribution is 2.33. The lowest BCUT2D eigenvalue weighted by Gasteiger charge is -2.26. The molecule has 1 amide bonds. The summed E-state index contributed by atoms with van der Waals surface area (Å²) in [6.45, 7) is 4.63. The number of nitrogens with one attached hydrogen (secondary N) is 3. The zero-order valence-electron chi connectivity index (χ0n) is 19.2. The van der Waals surface area contributed by atoms with Gasteiger partial charge in [-0.05, 0) is 48.2 Å². The van der Waals surface area contributed by atoms with Crippen LogP contribution in [0.4, 0.5) is 11.6 Å². The number of carbonyl (C=O) groups is 1. The van der Waals surface area contributed by atoms with E-state index in [-0.39, 0.29) is 11.9 Å². The third-order valence-corrected chi connectivity index (χ3v) is 7.11. The summed E-state index contributed by atoms with van der Waals surface area (Å²) in [5, 5.41) is 22.4. The second kappa shape index (κ2) is 9.84. The zero-order valence-corrected chi connectivity index (χ0v) is 20.0. The van der Waals surface area contributed by atoms with Crippen LogP contribution < -0.4 is 20.9 Å². The maximum absolute atomic E-state index is 12.3. The lowest BCUT2D eigenvalue weighted by Crippen LogP contribution is -2.48. The van der Waals surface area contributed by atoms with Gasteiger partial charge in [0.2, 0.25) is 5.91 Å². The number of pyridine rings is 1. The summed E-state index contributed by atoms with van der Waals surface area (Å²) in [5.74, 6) is 1.34. The zero-order chi connectivity index (χ0) is 23.5. The molecule has 174 valence electrons. The molecule has 1 fully saturated rings. The van der Waals surface area contributed by atoms with Crippen molar-refractivity contribution in [2.24, 2.45) is 0 Å². The summed E-state index contributed by atoms with van der Waals surface area (Å²) in [4.78, 5) is 19.8. The molecule has 9 heteroatoms. The lowest BCUT2D eigenvalue weighted by atomic mass is 10.0. The minimum absolute atomic E-state index is 0.0210. The summed E-state index contributed by atoms with van der Waals surface area (Å²) in [6.07, 6.45) is 3.45. The number of amides is 1. The molecule has 1 aromatic carbocycles. The molecule has 0 bridgehead atoms. The summed E-state index contributed by atoms with van der Waals surface area (Å²) in [7, 11) is 1.96. The number of aromatic nitrogens is 3. The third-order valence-electron chi connectivity index (χ3n) is 5.99. The minimum Gasteiger partial charge on any atom is -0.361 e. The molecule has 1 saturated heterocycles. The van der Waals surface area contributed by atoms with E-state index in [4.69, 9.17) is 0 Å². The Bertz CT molecular complexity index is 1320. The molecule has 8 nitrogen and oxygen atoms in total. The predicted molar refractivity (Wildman–Crippen MR) is 137 cm³/mol. The Labute approximate surface area is 202 Å². The SMILES string of the molecule is CNCc1ccccc1-c1csc([C@@H](C)Nc2nncc3cnc(N4CCNCC4=O)cc23)c1. The molecule has 1 aliphatic heterocycles. The molecular formula is C25H27N7OS. The highest BCUT2D eigenvalue weighted by molar-refractivity contribution is 7.10. The van der Waals surface area contributed by atoms with Gasteiger partial charge in [0.05, 0.1) is 18.8 Å². The smallest absolute Gasteiger partial charge is 0.242 e.